The summed E-state index contributed by atoms with van der Waals surface area (Å²) in [6.45, 7) is 7.76. The topological polar surface area (TPSA) is 21.3 Å². The fourth-order valence-corrected chi connectivity index (χ4v) is 3.29. The molecule has 0 aromatic carbocycles. The quantitative estimate of drug-likeness (QED) is 0.730. The van der Waals surface area contributed by atoms with Crippen LogP contribution in [0.1, 0.15) is 20.8 Å². The molecule has 0 bridgehead atoms. The highest BCUT2D eigenvalue weighted by Crippen LogP contribution is 2.34. The Bertz CT molecular complexity index is 143. The lowest BCUT2D eigenvalue weighted by Crippen LogP contribution is -2.49. The predicted molar refractivity (Wildman–Crippen MR) is 54.5 cm³/mol. The van der Waals surface area contributed by atoms with Crippen LogP contribution in [0, 0.1) is 5.92 Å². The largest absolute Gasteiger partial charge is 0.378 e. The molecule has 1 N–H and O–H groups in total. The molecule has 0 saturated carbocycles. The van der Waals surface area contributed by atoms with E-state index in [9.17, 15) is 0 Å². The maximum Gasteiger partial charge on any atom is 0.0884 e. The summed E-state index contributed by atoms with van der Waals surface area (Å²) in [5.41, 5.74) is 0. The first-order chi connectivity index (χ1) is 5.60. The molecule has 0 spiro atoms. The molecule has 1 heterocycles. The minimum Gasteiger partial charge on any atom is -0.378 e. The summed E-state index contributed by atoms with van der Waals surface area (Å²) < 4.78 is 5.52. The van der Waals surface area contributed by atoms with E-state index < -0.39 is 0 Å². The number of thioether (sulfide) groups is 1. The Hall–Kier alpha value is 0.270. The first-order valence-corrected chi connectivity index (χ1v) is 5.50. The molecule has 1 fully saturated rings. The van der Waals surface area contributed by atoms with E-state index >= 15 is 0 Å². The molecule has 0 aliphatic carbocycles. The van der Waals surface area contributed by atoms with Gasteiger partial charge in [0.1, 0.15) is 0 Å². The summed E-state index contributed by atoms with van der Waals surface area (Å²) in [6, 6.07) is 0. The van der Waals surface area contributed by atoms with Crippen molar-refractivity contribution in [2.75, 3.05) is 19.4 Å². The highest BCUT2D eigenvalue weighted by Gasteiger charge is 2.39. The first kappa shape index (κ1) is 10.4. The van der Waals surface area contributed by atoms with Crippen LogP contribution in [0.25, 0.3) is 0 Å². The Morgan fingerprint density at radius 1 is 1.50 bits per heavy atom. The summed E-state index contributed by atoms with van der Waals surface area (Å²) in [4.78, 5) is 0.128. The minimum atomic E-state index is 0.128. The van der Waals surface area contributed by atoms with E-state index in [0.29, 0.717) is 12.0 Å². The van der Waals surface area contributed by atoms with Crippen LogP contribution in [-0.4, -0.2) is 30.4 Å². The van der Waals surface area contributed by atoms with Gasteiger partial charge in [0, 0.05) is 19.4 Å². The molecule has 0 amide bonds. The van der Waals surface area contributed by atoms with Crippen LogP contribution >= 0.6 is 11.8 Å². The third-order valence-electron chi connectivity index (χ3n) is 2.38. The molecular weight excluding hydrogens is 170 g/mol. The van der Waals surface area contributed by atoms with Crippen molar-refractivity contribution in [1.29, 1.82) is 0 Å². The summed E-state index contributed by atoms with van der Waals surface area (Å²) in [6.07, 6.45) is 0.310. The van der Waals surface area contributed by atoms with Crippen molar-refractivity contribution in [3.8, 4) is 0 Å². The maximum atomic E-state index is 5.52. The monoisotopic (exact) mass is 189 g/mol. The zero-order valence-corrected chi connectivity index (χ0v) is 9.20. The molecule has 1 aliphatic rings. The second kappa shape index (κ2) is 3.99. The van der Waals surface area contributed by atoms with Gasteiger partial charge in [0.2, 0.25) is 0 Å². The van der Waals surface area contributed by atoms with E-state index in [2.05, 4.69) is 26.1 Å². The van der Waals surface area contributed by atoms with Gasteiger partial charge < -0.3 is 10.1 Å². The standard InChI is InChI=1S/C9H19NOS/c1-7(2)8(11-4)9(3)10-5-6-12-9/h7-8,10H,5-6H2,1-4H3. The number of hydrogen-bond acceptors (Lipinski definition) is 3. The van der Waals surface area contributed by atoms with E-state index in [1.807, 2.05) is 11.8 Å². The lowest BCUT2D eigenvalue weighted by molar-refractivity contribution is 0.0296. The van der Waals surface area contributed by atoms with Crippen molar-refractivity contribution in [3.05, 3.63) is 0 Å². The van der Waals surface area contributed by atoms with Crippen molar-refractivity contribution in [1.82, 2.24) is 5.32 Å². The zero-order valence-electron chi connectivity index (χ0n) is 8.39. The minimum absolute atomic E-state index is 0.128. The molecule has 0 aromatic heterocycles. The van der Waals surface area contributed by atoms with Gasteiger partial charge in [-0.15, -0.1) is 11.8 Å². The lowest BCUT2D eigenvalue weighted by atomic mass is 10.00. The van der Waals surface area contributed by atoms with E-state index in [1.54, 1.807) is 7.11 Å². The number of methoxy groups -OCH3 is 1. The molecule has 1 rings (SSSR count). The molecule has 0 radical (unpaired) electrons. The molecule has 1 aliphatic heterocycles. The fraction of sp³-hybridized carbons (Fsp3) is 1.00. The van der Waals surface area contributed by atoms with E-state index in [1.165, 1.54) is 5.75 Å². The molecule has 72 valence electrons. The number of nitrogens with one attached hydrogen (secondary N) is 1. The normalized spacial score (nSPS) is 32.8. The summed E-state index contributed by atoms with van der Waals surface area (Å²) >= 11 is 1.97. The van der Waals surface area contributed by atoms with E-state index in [-0.39, 0.29) is 4.87 Å². The third-order valence-corrected chi connectivity index (χ3v) is 3.77. The van der Waals surface area contributed by atoms with Crippen molar-refractivity contribution in [2.45, 2.75) is 31.7 Å². The Kier molecular flexibility index (Phi) is 3.44. The molecule has 2 atom stereocenters. The van der Waals surface area contributed by atoms with Crippen LogP contribution in [0.5, 0.6) is 0 Å². The van der Waals surface area contributed by atoms with Gasteiger partial charge in [-0.2, -0.15) is 0 Å². The van der Waals surface area contributed by atoms with Gasteiger partial charge in [0.15, 0.2) is 0 Å². The third kappa shape index (κ3) is 1.95. The number of ether oxygens (including phenoxy) is 1. The van der Waals surface area contributed by atoms with Crippen LogP contribution in [0.15, 0.2) is 0 Å². The van der Waals surface area contributed by atoms with Crippen molar-refractivity contribution < 1.29 is 4.74 Å². The van der Waals surface area contributed by atoms with Crippen molar-refractivity contribution in [2.24, 2.45) is 5.92 Å². The van der Waals surface area contributed by atoms with E-state index in [4.69, 9.17) is 4.74 Å². The van der Waals surface area contributed by atoms with Gasteiger partial charge in [0.25, 0.3) is 0 Å². The summed E-state index contributed by atoms with van der Waals surface area (Å²) in [7, 11) is 1.80. The lowest BCUT2D eigenvalue weighted by Gasteiger charge is -2.35. The van der Waals surface area contributed by atoms with Crippen LogP contribution in [-0.2, 0) is 4.74 Å². The average Bonchev–Trinajstić information content (AvgIpc) is 2.37. The van der Waals surface area contributed by atoms with Crippen LogP contribution < -0.4 is 5.32 Å². The SMILES string of the molecule is COC(C(C)C)C1(C)NCCS1. The first-order valence-electron chi connectivity index (χ1n) is 4.52. The molecule has 3 heteroatoms. The van der Waals surface area contributed by atoms with Gasteiger partial charge in [-0.05, 0) is 12.8 Å². The molecule has 1 saturated heterocycles. The van der Waals surface area contributed by atoms with Gasteiger partial charge in [-0.1, -0.05) is 13.8 Å². The summed E-state index contributed by atoms with van der Waals surface area (Å²) in [5, 5.41) is 3.50. The predicted octanol–water partition coefficient (Wildman–Crippen LogP) is 1.71. The Morgan fingerprint density at radius 2 is 2.17 bits per heavy atom. The highest BCUT2D eigenvalue weighted by atomic mass is 32.2. The van der Waals surface area contributed by atoms with Crippen molar-refractivity contribution >= 4 is 11.8 Å². The maximum absolute atomic E-state index is 5.52. The van der Waals surface area contributed by atoms with E-state index in [0.717, 1.165) is 6.54 Å². The highest BCUT2D eigenvalue weighted by molar-refractivity contribution is 8.00. The second-order valence-electron chi connectivity index (χ2n) is 3.78. The van der Waals surface area contributed by atoms with Gasteiger partial charge in [-0.3, -0.25) is 0 Å². The zero-order chi connectivity index (χ0) is 9.19. The van der Waals surface area contributed by atoms with Crippen LogP contribution in [0.2, 0.25) is 0 Å². The van der Waals surface area contributed by atoms with Crippen molar-refractivity contribution in [3.63, 3.8) is 0 Å². The molecule has 2 nitrogen and oxygen atoms in total. The molecular formula is C9H19NOS. The van der Waals surface area contributed by atoms with Crippen LogP contribution in [0.3, 0.4) is 0 Å². The Balaban J connectivity index is 2.62. The molecule has 12 heavy (non-hydrogen) atoms. The second-order valence-corrected chi connectivity index (χ2v) is 5.33. The van der Waals surface area contributed by atoms with Crippen LogP contribution in [0.4, 0.5) is 0 Å². The average molecular weight is 189 g/mol. The van der Waals surface area contributed by atoms with Gasteiger partial charge in [-0.25, -0.2) is 0 Å². The number of hydrogen-bond donors (Lipinski definition) is 1. The fourth-order valence-electron chi connectivity index (χ4n) is 1.93. The molecule has 2 unspecified atom stereocenters. The number of rotatable bonds is 3. The Morgan fingerprint density at radius 3 is 2.50 bits per heavy atom. The smallest absolute Gasteiger partial charge is 0.0884 e. The summed E-state index contributed by atoms with van der Waals surface area (Å²) in [5.74, 6) is 1.77. The molecule has 0 aromatic rings. The van der Waals surface area contributed by atoms with Gasteiger partial charge >= 0.3 is 0 Å². The Labute approximate surface area is 79.4 Å². The van der Waals surface area contributed by atoms with Gasteiger partial charge in [0.05, 0.1) is 11.0 Å².